The zero-order valence-corrected chi connectivity index (χ0v) is 25.6. The van der Waals surface area contributed by atoms with Crippen LogP contribution in [0.4, 0.5) is 17.3 Å². The van der Waals surface area contributed by atoms with Crippen molar-refractivity contribution in [1.29, 1.82) is 0 Å². The molecule has 1 saturated heterocycles. The zero-order valence-electron chi connectivity index (χ0n) is 23.9. The highest BCUT2D eigenvalue weighted by atomic mass is 32.2. The van der Waals surface area contributed by atoms with Crippen molar-refractivity contribution >= 4 is 48.0 Å². The minimum absolute atomic E-state index is 0.142. The lowest BCUT2D eigenvalue weighted by Gasteiger charge is -2.41. The highest BCUT2D eigenvalue weighted by Gasteiger charge is 2.38. The number of fused-ring (bicyclic) bond motifs is 1. The Morgan fingerprint density at radius 3 is 2.50 bits per heavy atom. The standard InChI is InChI=1S/C29H35N7O4S2/c1-4-11-41(37,38)18-20-15-35(16-20)26-8-7-23(19(2)3)24-12-28(31-14-25(24)26)33-27-9-10-30-29(34-27)21-13-32-36(17-21)42(39,40)22-5-6-22/h7-10,12-14,17,19-20,22H,4-6,11,15-16,18H2,1-3H3,(H,30,31,33,34). The van der Waals surface area contributed by atoms with Crippen LogP contribution in [0.25, 0.3) is 22.2 Å². The van der Waals surface area contributed by atoms with Crippen LogP contribution in [-0.4, -0.2) is 70.8 Å². The molecule has 0 amide bonds. The summed E-state index contributed by atoms with van der Waals surface area (Å²) in [6.45, 7) is 7.62. The third-order valence-electron chi connectivity index (χ3n) is 7.77. The summed E-state index contributed by atoms with van der Waals surface area (Å²) in [5.41, 5.74) is 2.76. The van der Waals surface area contributed by atoms with Gasteiger partial charge in [0.15, 0.2) is 15.7 Å². The maximum absolute atomic E-state index is 12.5. The van der Waals surface area contributed by atoms with E-state index in [1.165, 1.54) is 18.0 Å². The Balaban J connectivity index is 1.23. The van der Waals surface area contributed by atoms with Crippen LogP contribution in [0, 0.1) is 5.92 Å². The molecular weight excluding hydrogens is 574 g/mol. The van der Waals surface area contributed by atoms with Crippen molar-refractivity contribution in [2.24, 2.45) is 5.92 Å². The Morgan fingerprint density at radius 1 is 1.00 bits per heavy atom. The van der Waals surface area contributed by atoms with E-state index in [0.29, 0.717) is 55.4 Å². The molecule has 2 aliphatic rings. The van der Waals surface area contributed by atoms with Crippen molar-refractivity contribution in [2.75, 3.05) is 34.8 Å². The number of anilines is 3. The molecule has 0 bridgehead atoms. The Kier molecular flexibility index (Phi) is 7.42. The highest BCUT2D eigenvalue weighted by Crippen LogP contribution is 2.37. The number of benzene rings is 1. The Morgan fingerprint density at radius 2 is 1.79 bits per heavy atom. The van der Waals surface area contributed by atoms with Gasteiger partial charge in [-0.3, -0.25) is 0 Å². The number of nitrogens with zero attached hydrogens (tertiary/aromatic N) is 6. The maximum Gasteiger partial charge on any atom is 0.256 e. The van der Waals surface area contributed by atoms with Crippen molar-refractivity contribution in [3.63, 3.8) is 0 Å². The molecule has 4 heterocycles. The van der Waals surface area contributed by atoms with E-state index in [1.54, 1.807) is 12.3 Å². The second kappa shape index (κ2) is 10.9. The van der Waals surface area contributed by atoms with E-state index in [1.807, 2.05) is 19.2 Å². The first kappa shape index (κ1) is 28.5. The van der Waals surface area contributed by atoms with Crippen LogP contribution in [0.15, 0.2) is 49.1 Å². The first-order valence-electron chi connectivity index (χ1n) is 14.3. The van der Waals surface area contributed by atoms with E-state index in [-0.39, 0.29) is 28.6 Å². The van der Waals surface area contributed by atoms with Crippen LogP contribution < -0.4 is 10.2 Å². The second-order valence-corrected chi connectivity index (χ2v) is 15.9. The van der Waals surface area contributed by atoms with Crippen molar-refractivity contribution < 1.29 is 16.8 Å². The highest BCUT2D eigenvalue weighted by molar-refractivity contribution is 7.91. The van der Waals surface area contributed by atoms with Crippen molar-refractivity contribution in [3.05, 3.63) is 54.6 Å². The number of rotatable bonds is 11. The lowest BCUT2D eigenvalue weighted by Crippen LogP contribution is -2.50. The number of aromatic nitrogens is 5. The minimum Gasteiger partial charge on any atom is -0.370 e. The summed E-state index contributed by atoms with van der Waals surface area (Å²) >= 11 is 0. The molecule has 3 aromatic heterocycles. The topological polar surface area (TPSA) is 140 Å². The zero-order chi connectivity index (χ0) is 29.6. The van der Waals surface area contributed by atoms with Gasteiger partial charge >= 0.3 is 0 Å². The van der Waals surface area contributed by atoms with Gasteiger partial charge in [0.25, 0.3) is 10.0 Å². The van der Waals surface area contributed by atoms with Crippen LogP contribution in [0.5, 0.6) is 0 Å². The fourth-order valence-electron chi connectivity index (χ4n) is 5.50. The van der Waals surface area contributed by atoms with Gasteiger partial charge in [0.1, 0.15) is 11.6 Å². The van der Waals surface area contributed by atoms with Gasteiger partial charge in [-0.05, 0) is 54.3 Å². The molecule has 4 aromatic rings. The number of sulfone groups is 1. The molecule has 2 fully saturated rings. The van der Waals surface area contributed by atoms with Gasteiger partial charge in [0.05, 0.1) is 29.0 Å². The van der Waals surface area contributed by atoms with Gasteiger partial charge in [-0.1, -0.05) is 26.8 Å². The summed E-state index contributed by atoms with van der Waals surface area (Å²) in [6, 6.07) is 8.00. The summed E-state index contributed by atoms with van der Waals surface area (Å²) in [5, 5.41) is 9.05. The predicted octanol–water partition coefficient (Wildman–Crippen LogP) is 4.36. The molecule has 0 radical (unpaired) electrons. The lowest BCUT2D eigenvalue weighted by atomic mass is 9.93. The molecule has 1 N–H and O–H groups in total. The van der Waals surface area contributed by atoms with Crippen LogP contribution in [-0.2, 0) is 19.9 Å². The van der Waals surface area contributed by atoms with E-state index in [9.17, 15) is 16.8 Å². The molecule has 1 aliphatic carbocycles. The minimum atomic E-state index is -3.47. The van der Waals surface area contributed by atoms with E-state index in [0.717, 1.165) is 20.5 Å². The molecule has 11 nitrogen and oxygen atoms in total. The quantitative estimate of drug-likeness (QED) is 0.261. The Bertz CT molecular complexity index is 1840. The van der Waals surface area contributed by atoms with Crippen molar-refractivity contribution in [2.45, 2.75) is 51.2 Å². The third-order valence-corrected chi connectivity index (χ3v) is 11.8. The van der Waals surface area contributed by atoms with Gasteiger partial charge in [-0.15, -0.1) is 0 Å². The summed E-state index contributed by atoms with van der Waals surface area (Å²) in [4.78, 5) is 15.8. The van der Waals surface area contributed by atoms with Crippen LogP contribution >= 0.6 is 0 Å². The predicted molar refractivity (Wildman–Crippen MR) is 164 cm³/mol. The van der Waals surface area contributed by atoms with Crippen molar-refractivity contribution in [3.8, 4) is 11.4 Å². The van der Waals surface area contributed by atoms with Gasteiger partial charge in [0, 0.05) is 48.2 Å². The Labute approximate surface area is 246 Å². The molecule has 1 aromatic carbocycles. The molecule has 1 saturated carbocycles. The summed E-state index contributed by atoms with van der Waals surface area (Å²) < 4.78 is 50.7. The third kappa shape index (κ3) is 5.71. The fraction of sp³-hybridized carbons (Fsp3) is 0.448. The van der Waals surface area contributed by atoms with E-state index < -0.39 is 19.9 Å². The molecule has 0 unspecified atom stereocenters. The van der Waals surface area contributed by atoms with Gasteiger partial charge in [-0.25, -0.2) is 31.8 Å². The Hall–Kier alpha value is -3.58. The maximum atomic E-state index is 12.5. The molecule has 6 rings (SSSR count). The van der Waals surface area contributed by atoms with E-state index in [2.05, 4.69) is 56.2 Å². The molecule has 42 heavy (non-hydrogen) atoms. The lowest BCUT2D eigenvalue weighted by molar-refractivity contribution is 0.444. The number of hydrogen-bond acceptors (Lipinski definition) is 10. The number of hydrogen-bond donors (Lipinski definition) is 1. The summed E-state index contributed by atoms with van der Waals surface area (Å²) in [6.07, 6.45) is 8.35. The summed E-state index contributed by atoms with van der Waals surface area (Å²) in [5.74, 6) is 2.41. The smallest absolute Gasteiger partial charge is 0.256 e. The first-order chi connectivity index (χ1) is 20.0. The molecule has 1 aliphatic heterocycles. The van der Waals surface area contributed by atoms with Gasteiger partial charge in [0.2, 0.25) is 0 Å². The SMILES string of the molecule is CCCS(=O)(=O)CC1CN(c2ccc(C(C)C)c3cc(Nc4ccnc(-c5cnn(S(=O)(=O)C6CC6)c5)n4)ncc23)C1. The summed E-state index contributed by atoms with van der Waals surface area (Å²) in [7, 11) is -6.48. The number of pyridine rings is 1. The molecule has 222 valence electrons. The monoisotopic (exact) mass is 609 g/mol. The first-order valence-corrected chi connectivity index (χ1v) is 17.6. The van der Waals surface area contributed by atoms with Crippen LogP contribution in [0.3, 0.4) is 0 Å². The van der Waals surface area contributed by atoms with Gasteiger partial charge < -0.3 is 10.2 Å². The average molecular weight is 610 g/mol. The molecular formula is C29H35N7O4S2. The van der Waals surface area contributed by atoms with E-state index in [4.69, 9.17) is 0 Å². The second-order valence-electron chi connectivity index (χ2n) is 11.6. The molecule has 0 spiro atoms. The largest absolute Gasteiger partial charge is 0.370 e. The fourth-order valence-corrected chi connectivity index (χ4v) is 8.69. The normalized spacial score (nSPS) is 16.2. The van der Waals surface area contributed by atoms with Gasteiger partial charge in [-0.2, -0.15) is 9.19 Å². The van der Waals surface area contributed by atoms with Crippen LogP contribution in [0.2, 0.25) is 0 Å². The molecule has 13 heteroatoms. The van der Waals surface area contributed by atoms with Crippen molar-refractivity contribution in [1.82, 2.24) is 24.1 Å². The van der Waals surface area contributed by atoms with Crippen LogP contribution in [0.1, 0.15) is 51.5 Å². The average Bonchev–Trinajstić information content (AvgIpc) is 3.67. The van der Waals surface area contributed by atoms with E-state index >= 15 is 0 Å². The molecule has 0 atom stereocenters. The number of nitrogens with one attached hydrogen (secondary N) is 1.